The Hall–Kier alpha value is -2.86. The number of benzene rings is 2. The molecule has 1 aliphatic heterocycles. The molecule has 2 aromatic rings. The highest BCUT2D eigenvalue weighted by Gasteiger charge is 2.28. The largest absolute Gasteiger partial charge is 0.497 e. The molecule has 3 atom stereocenters. The normalized spacial score (nSPS) is 20.1. The number of carbonyl (C=O) groups is 2. The minimum absolute atomic E-state index is 0.0952. The van der Waals surface area contributed by atoms with E-state index in [1.54, 1.807) is 31.4 Å². The van der Waals surface area contributed by atoms with E-state index < -0.39 is 6.04 Å². The fourth-order valence-corrected chi connectivity index (χ4v) is 3.40. The number of rotatable bonds is 6. The van der Waals surface area contributed by atoms with Crippen molar-refractivity contribution >= 4 is 11.8 Å². The quantitative estimate of drug-likeness (QED) is 0.717. The maximum absolute atomic E-state index is 13.1. The Bertz CT molecular complexity index is 792. The van der Waals surface area contributed by atoms with E-state index in [4.69, 9.17) is 4.74 Å². The average Bonchev–Trinajstić information content (AvgIpc) is 2.74. The fraction of sp³-hybridized carbons (Fsp3) is 0.364. The van der Waals surface area contributed by atoms with Gasteiger partial charge in [-0.1, -0.05) is 37.3 Å². The van der Waals surface area contributed by atoms with E-state index in [0.29, 0.717) is 17.2 Å². The van der Waals surface area contributed by atoms with E-state index in [-0.39, 0.29) is 17.9 Å². The topological polar surface area (TPSA) is 79.5 Å². The number of piperidine rings is 1. The Morgan fingerprint density at radius 1 is 1.11 bits per heavy atom. The minimum Gasteiger partial charge on any atom is -0.497 e. The molecule has 0 spiro atoms. The molecule has 0 radical (unpaired) electrons. The number of hydrogen-bond acceptors (Lipinski definition) is 4. The lowest BCUT2D eigenvalue weighted by molar-refractivity contribution is -0.124. The van der Waals surface area contributed by atoms with E-state index in [9.17, 15) is 9.59 Å². The summed E-state index contributed by atoms with van der Waals surface area (Å²) in [6.07, 6.45) is 0.876. The van der Waals surface area contributed by atoms with Crippen molar-refractivity contribution in [3.63, 3.8) is 0 Å². The van der Waals surface area contributed by atoms with Crippen LogP contribution in [-0.2, 0) is 4.79 Å². The number of ether oxygens (including phenoxy) is 1. The molecular weight excluding hydrogens is 354 g/mol. The van der Waals surface area contributed by atoms with Crippen LogP contribution >= 0.6 is 0 Å². The van der Waals surface area contributed by atoms with Gasteiger partial charge in [-0.15, -0.1) is 0 Å². The zero-order valence-corrected chi connectivity index (χ0v) is 16.3. The predicted octanol–water partition coefficient (Wildman–Crippen LogP) is 2.28. The molecule has 0 aromatic heterocycles. The van der Waals surface area contributed by atoms with Gasteiger partial charge in [0.1, 0.15) is 11.8 Å². The molecule has 0 saturated carbocycles. The van der Waals surface area contributed by atoms with Crippen LogP contribution in [0.25, 0.3) is 0 Å². The van der Waals surface area contributed by atoms with Crippen LogP contribution in [0, 0.1) is 5.92 Å². The summed E-state index contributed by atoms with van der Waals surface area (Å²) in [5.41, 5.74) is 1.23. The predicted molar refractivity (Wildman–Crippen MR) is 108 cm³/mol. The lowest BCUT2D eigenvalue weighted by Gasteiger charge is -2.31. The summed E-state index contributed by atoms with van der Waals surface area (Å²) < 4.78 is 5.13. The second-order valence-corrected chi connectivity index (χ2v) is 7.13. The maximum Gasteiger partial charge on any atom is 0.252 e. The summed E-state index contributed by atoms with van der Waals surface area (Å²) >= 11 is 0. The molecule has 2 amide bonds. The van der Waals surface area contributed by atoms with Crippen molar-refractivity contribution in [2.75, 3.05) is 20.2 Å². The molecule has 6 heteroatoms. The van der Waals surface area contributed by atoms with Crippen molar-refractivity contribution < 1.29 is 14.3 Å². The molecule has 1 fully saturated rings. The Kier molecular flexibility index (Phi) is 6.66. The molecule has 1 saturated heterocycles. The monoisotopic (exact) mass is 381 g/mol. The van der Waals surface area contributed by atoms with E-state index in [1.807, 2.05) is 30.3 Å². The smallest absolute Gasteiger partial charge is 0.252 e. The molecule has 6 nitrogen and oxygen atoms in total. The third kappa shape index (κ3) is 4.89. The van der Waals surface area contributed by atoms with Gasteiger partial charge in [-0.05, 0) is 55.3 Å². The van der Waals surface area contributed by atoms with Crippen molar-refractivity contribution in [3.05, 3.63) is 65.7 Å². The molecule has 1 aliphatic rings. The highest BCUT2D eigenvalue weighted by Crippen LogP contribution is 2.18. The van der Waals surface area contributed by atoms with Gasteiger partial charge in [0.2, 0.25) is 5.91 Å². The van der Waals surface area contributed by atoms with Crippen molar-refractivity contribution in [2.24, 2.45) is 5.92 Å². The zero-order valence-electron chi connectivity index (χ0n) is 16.3. The van der Waals surface area contributed by atoms with Gasteiger partial charge in [0.25, 0.3) is 5.91 Å². The summed E-state index contributed by atoms with van der Waals surface area (Å²) in [5, 5.41) is 9.34. The van der Waals surface area contributed by atoms with Gasteiger partial charge >= 0.3 is 0 Å². The van der Waals surface area contributed by atoms with Crippen LogP contribution in [0.5, 0.6) is 5.75 Å². The molecule has 148 valence electrons. The summed E-state index contributed by atoms with van der Waals surface area (Å²) in [5.74, 6) is 0.525. The van der Waals surface area contributed by atoms with Crippen LogP contribution < -0.4 is 20.7 Å². The van der Waals surface area contributed by atoms with Gasteiger partial charge in [-0.2, -0.15) is 0 Å². The molecule has 3 unspecified atom stereocenters. The van der Waals surface area contributed by atoms with Crippen molar-refractivity contribution in [2.45, 2.75) is 25.4 Å². The average molecular weight is 381 g/mol. The standard InChI is InChI=1S/C22H27N3O3/c1-15-14-23-13-12-19(15)24-22(27)20(16-6-4-3-5-7-16)25-21(26)17-8-10-18(28-2)11-9-17/h3-11,15,19-20,23H,12-14H2,1-2H3,(H,24,27)(H,25,26). The summed E-state index contributed by atoms with van der Waals surface area (Å²) in [4.78, 5) is 25.8. The van der Waals surface area contributed by atoms with Gasteiger partial charge in [-0.25, -0.2) is 0 Å². The van der Waals surface area contributed by atoms with Gasteiger partial charge in [-0.3, -0.25) is 9.59 Å². The summed E-state index contributed by atoms with van der Waals surface area (Å²) in [6.45, 7) is 3.87. The number of carbonyl (C=O) groups excluding carboxylic acids is 2. The zero-order chi connectivity index (χ0) is 19.9. The lowest BCUT2D eigenvalue weighted by Crippen LogP contribution is -2.51. The van der Waals surface area contributed by atoms with E-state index in [2.05, 4.69) is 22.9 Å². The Labute approximate surface area is 165 Å². The maximum atomic E-state index is 13.1. The number of hydrogen-bond donors (Lipinski definition) is 3. The molecule has 0 aliphatic carbocycles. The first-order valence-electron chi connectivity index (χ1n) is 9.59. The van der Waals surface area contributed by atoms with Crippen molar-refractivity contribution in [1.29, 1.82) is 0 Å². The van der Waals surface area contributed by atoms with Crippen LogP contribution in [0.15, 0.2) is 54.6 Å². The van der Waals surface area contributed by atoms with Gasteiger partial charge in [0.05, 0.1) is 7.11 Å². The van der Waals surface area contributed by atoms with E-state index >= 15 is 0 Å². The second-order valence-electron chi connectivity index (χ2n) is 7.13. The molecule has 1 heterocycles. The van der Waals surface area contributed by atoms with Gasteiger partial charge in [0, 0.05) is 11.6 Å². The van der Waals surface area contributed by atoms with Crippen LogP contribution in [-0.4, -0.2) is 38.1 Å². The van der Waals surface area contributed by atoms with Crippen LogP contribution in [0.3, 0.4) is 0 Å². The van der Waals surface area contributed by atoms with Gasteiger partial charge < -0.3 is 20.7 Å². The number of amides is 2. The Morgan fingerprint density at radius 2 is 1.82 bits per heavy atom. The molecular formula is C22H27N3O3. The summed E-state index contributed by atoms with van der Waals surface area (Å²) in [7, 11) is 1.58. The van der Waals surface area contributed by atoms with Crippen LogP contribution in [0.2, 0.25) is 0 Å². The first kappa shape index (κ1) is 19.9. The number of nitrogens with one attached hydrogen (secondary N) is 3. The van der Waals surface area contributed by atoms with Crippen molar-refractivity contribution in [1.82, 2.24) is 16.0 Å². The van der Waals surface area contributed by atoms with E-state index in [1.165, 1.54) is 0 Å². The van der Waals surface area contributed by atoms with E-state index in [0.717, 1.165) is 25.1 Å². The second kappa shape index (κ2) is 9.37. The van der Waals surface area contributed by atoms with Crippen molar-refractivity contribution in [3.8, 4) is 5.75 Å². The van der Waals surface area contributed by atoms with Crippen LogP contribution in [0.4, 0.5) is 0 Å². The first-order valence-corrected chi connectivity index (χ1v) is 9.59. The highest BCUT2D eigenvalue weighted by atomic mass is 16.5. The van der Waals surface area contributed by atoms with Gasteiger partial charge in [0.15, 0.2) is 0 Å². The third-order valence-corrected chi connectivity index (χ3v) is 5.14. The lowest BCUT2D eigenvalue weighted by atomic mass is 9.94. The highest BCUT2D eigenvalue weighted by molar-refractivity contribution is 5.98. The molecule has 28 heavy (non-hydrogen) atoms. The Morgan fingerprint density at radius 3 is 2.46 bits per heavy atom. The molecule has 0 bridgehead atoms. The third-order valence-electron chi connectivity index (χ3n) is 5.14. The molecule has 3 rings (SSSR count). The fourth-order valence-electron chi connectivity index (χ4n) is 3.40. The SMILES string of the molecule is COc1ccc(C(=O)NC(C(=O)NC2CCNCC2C)c2ccccc2)cc1. The minimum atomic E-state index is -0.752. The van der Waals surface area contributed by atoms with Crippen LogP contribution in [0.1, 0.15) is 35.3 Å². The molecule has 3 N–H and O–H groups in total. The summed E-state index contributed by atoms with van der Waals surface area (Å²) in [6, 6.07) is 15.5. The first-order chi connectivity index (χ1) is 13.6. The Balaban J connectivity index is 1.76. The number of methoxy groups -OCH3 is 1. The molecule has 2 aromatic carbocycles.